The summed E-state index contributed by atoms with van der Waals surface area (Å²) in [6, 6.07) is 0. The van der Waals surface area contributed by atoms with Crippen molar-refractivity contribution in [2.24, 2.45) is 0 Å². The fourth-order valence-electron chi connectivity index (χ4n) is 6.88. The minimum atomic E-state index is -0.822. The highest BCUT2D eigenvalue weighted by Crippen LogP contribution is 2.14. The third-order valence-corrected chi connectivity index (χ3v) is 10.9. The molecule has 0 aromatic heterocycles. The summed E-state index contributed by atoms with van der Waals surface area (Å²) in [5.41, 5.74) is 0. The second kappa shape index (κ2) is 56.8. The maximum atomic E-state index is 12.3. The number of carbonyl (C=O) groups excluding carboxylic acids is 2. The third-order valence-electron chi connectivity index (χ3n) is 10.9. The van der Waals surface area contributed by atoms with E-state index in [0.717, 1.165) is 103 Å². The van der Waals surface area contributed by atoms with Crippen LogP contribution in [-0.4, -0.2) is 36.4 Å². The van der Waals surface area contributed by atoms with Crippen molar-refractivity contribution in [1.82, 2.24) is 0 Å². The zero-order chi connectivity index (χ0) is 49.2. The first-order valence-corrected chi connectivity index (χ1v) is 27.0. The molecule has 68 heavy (non-hydrogen) atoms. The number of aliphatic hydroxyl groups excluding tert-OH is 1. The van der Waals surface area contributed by atoms with Crippen LogP contribution in [0, 0.1) is 0 Å². The molecule has 1 atom stereocenters. The van der Waals surface area contributed by atoms with E-state index in [-0.39, 0.29) is 25.6 Å². The van der Waals surface area contributed by atoms with Crippen LogP contribution in [0.3, 0.4) is 0 Å². The second-order valence-electron chi connectivity index (χ2n) is 17.2. The smallest absolute Gasteiger partial charge is 0.309 e. The highest BCUT2D eigenvalue weighted by atomic mass is 16.6. The molecular weight excluding hydrogens is 837 g/mol. The van der Waals surface area contributed by atoms with Crippen molar-refractivity contribution in [3.8, 4) is 0 Å². The van der Waals surface area contributed by atoms with Crippen LogP contribution in [0.1, 0.15) is 206 Å². The first kappa shape index (κ1) is 63.5. The SMILES string of the molecule is CC/C=C\C/C=C\C/C=C\C/C=C\C/C=C\C/C=C\C/C=C\C/C=C\CCCCCCCCCCCCCCCCC(=O)OC(CO)COC(=O)C/C=C\C/C=C\C/C=C\C/C=C\C/C=C\CC. The Balaban J connectivity index is 3.59. The number of aliphatic hydroxyl groups is 1. The molecule has 0 rings (SSSR count). The Kier molecular flexibility index (Phi) is 53.1. The normalized spacial score (nSPS) is 13.5. The van der Waals surface area contributed by atoms with Crippen molar-refractivity contribution in [2.75, 3.05) is 13.2 Å². The van der Waals surface area contributed by atoms with Gasteiger partial charge in [0.05, 0.1) is 13.0 Å². The summed E-state index contributed by atoms with van der Waals surface area (Å²) in [6.07, 6.45) is 88.1. The van der Waals surface area contributed by atoms with Gasteiger partial charge in [0.25, 0.3) is 0 Å². The van der Waals surface area contributed by atoms with Crippen molar-refractivity contribution in [3.05, 3.63) is 158 Å². The minimum absolute atomic E-state index is 0.129. The number of allylic oxidation sites excluding steroid dienone is 25. The van der Waals surface area contributed by atoms with Gasteiger partial charge < -0.3 is 14.6 Å². The zero-order valence-corrected chi connectivity index (χ0v) is 43.3. The first-order valence-electron chi connectivity index (χ1n) is 27.0. The minimum Gasteiger partial charge on any atom is -0.461 e. The quantitative estimate of drug-likeness (QED) is 0.0374. The molecule has 0 saturated heterocycles. The topological polar surface area (TPSA) is 72.8 Å². The van der Waals surface area contributed by atoms with Gasteiger partial charge >= 0.3 is 11.9 Å². The summed E-state index contributed by atoms with van der Waals surface area (Å²) >= 11 is 0. The molecular formula is C63H98O5. The molecule has 0 radical (unpaired) electrons. The second-order valence-corrected chi connectivity index (χ2v) is 17.2. The van der Waals surface area contributed by atoms with Gasteiger partial charge in [-0.2, -0.15) is 0 Å². The molecule has 0 heterocycles. The van der Waals surface area contributed by atoms with E-state index in [1.165, 1.54) is 77.0 Å². The molecule has 0 aromatic carbocycles. The Labute approximate surface area is 418 Å². The van der Waals surface area contributed by atoms with Crippen LogP contribution < -0.4 is 0 Å². The van der Waals surface area contributed by atoms with E-state index in [0.29, 0.717) is 6.42 Å². The molecule has 0 spiro atoms. The number of hydrogen-bond donors (Lipinski definition) is 1. The van der Waals surface area contributed by atoms with E-state index in [2.05, 4.69) is 160 Å². The Morgan fingerprint density at radius 2 is 0.632 bits per heavy atom. The molecule has 0 amide bonds. The lowest BCUT2D eigenvalue weighted by atomic mass is 10.0. The van der Waals surface area contributed by atoms with Crippen LogP contribution in [0.15, 0.2) is 158 Å². The van der Waals surface area contributed by atoms with Crippen molar-refractivity contribution < 1.29 is 24.2 Å². The van der Waals surface area contributed by atoms with Gasteiger partial charge in [-0.25, -0.2) is 0 Å². The summed E-state index contributed by atoms with van der Waals surface area (Å²) in [4.78, 5) is 24.3. The fraction of sp³-hybridized carbons (Fsp3) is 0.556. The third kappa shape index (κ3) is 54.1. The van der Waals surface area contributed by atoms with Gasteiger partial charge in [0, 0.05) is 6.42 Å². The molecule has 0 bridgehead atoms. The van der Waals surface area contributed by atoms with Crippen LogP contribution >= 0.6 is 0 Å². The van der Waals surface area contributed by atoms with Gasteiger partial charge in [0.15, 0.2) is 6.10 Å². The number of esters is 2. The number of hydrogen-bond acceptors (Lipinski definition) is 5. The fourth-order valence-corrected chi connectivity index (χ4v) is 6.88. The summed E-state index contributed by atoms with van der Waals surface area (Å²) < 4.78 is 10.6. The highest BCUT2D eigenvalue weighted by molar-refractivity contribution is 5.71. The van der Waals surface area contributed by atoms with Crippen molar-refractivity contribution >= 4 is 11.9 Å². The molecule has 1 unspecified atom stereocenters. The highest BCUT2D eigenvalue weighted by Gasteiger charge is 2.15. The van der Waals surface area contributed by atoms with Crippen LogP contribution in [0.2, 0.25) is 0 Å². The molecule has 380 valence electrons. The van der Waals surface area contributed by atoms with Gasteiger partial charge in [0.1, 0.15) is 6.61 Å². The lowest BCUT2D eigenvalue weighted by molar-refractivity contribution is -0.161. The number of carbonyl (C=O) groups is 2. The van der Waals surface area contributed by atoms with Gasteiger partial charge in [-0.05, 0) is 103 Å². The average molecular weight is 935 g/mol. The first-order chi connectivity index (χ1) is 33.6. The Morgan fingerprint density at radius 3 is 0.956 bits per heavy atom. The average Bonchev–Trinajstić information content (AvgIpc) is 3.34. The van der Waals surface area contributed by atoms with E-state index in [9.17, 15) is 14.7 Å². The lowest BCUT2D eigenvalue weighted by Crippen LogP contribution is -2.28. The zero-order valence-electron chi connectivity index (χ0n) is 43.3. The standard InChI is InChI=1S/C63H98O5/c1-3-5-7-9-11-13-15-17-19-20-21-22-23-24-25-26-27-28-29-30-31-32-33-34-35-36-37-38-39-40-41-42-44-46-48-50-52-54-56-58-63(66)68-61(59-64)60-67-62(65)57-55-53-51-49-47-45-43-18-16-14-12-10-8-6-4-2/h5-8,11-14,17-19,21-22,24-25,27-28,30-31,33-34,43,47,49,53,55,61,64H,3-4,9-10,15-16,20,23,26,29,32,35-42,44-46,48,50-52,54,56-60H2,1-2H3/b7-5-,8-6-,13-11-,14-12-,19-17-,22-21-,25-24-,28-27-,31-30-,34-33-,43-18-,49-47-,55-53-. The van der Waals surface area contributed by atoms with E-state index in [1.54, 1.807) is 6.08 Å². The van der Waals surface area contributed by atoms with Crippen LogP contribution in [-0.2, 0) is 19.1 Å². The Morgan fingerprint density at radius 1 is 0.353 bits per heavy atom. The Hall–Kier alpha value is -4.48. The van der Waals surface area contributed by atoms with Gasteiger partial charge in [0.2, 0.25) is 0 Å². The van der Waals surface area contributed by atoms with Gasteiger partial charge in [-0.15, -0.1) is 0 Å². The molecule has 0 aromatic rings. The molecule has 5 heteroatoms. The van der Waals surface area contributed by atoms with Gasteiger partial charge in [-0.1, -0.05) is 249 Å². The van der Waals surface area contributed by atoms with Crippen molar-refractivity contribution in [3.63, 3.8) is 0 Å². The van der Waals surface area contributed by atoms with Crippen LogP contribution in [0.5, 0.6) is 0 Å². The molecule has 0 aliphatic carbocycles. The van der Waals surface area contributed by atoms with E-state index < -0.39 is 12.1 Å². The maximum absolute atomic E-state index is 12.3. The molecule has 0 fully saturated rings. The molecule has 0 saturated carbocycles. The van der Waals surface area contributed by atoms with E-state index in [4.69, 9.17) is 9.47 Å². The van der Waals surface area contributed by atoms with E-state index >= 15 is 0 Å². The molecule has 0 aliphatic heterocycles. The van der Waals surface area contributed by atoms with Crippen LogP contribution in [0.25, 0.3) is 0 Å². The summed E-state index contributed by atoms with van der Waals surface area (Å²) in [7, 11) is 0. The predicted octanol–water partition coefficient (Wildman–Crippen LogP) is 18.4. The molecule has 0 aliphatic rings. The van der Waals surface area contributed by atoms with Crippen molar-refractivity contribution in [1.29, 1.82) is 0 Å². The number of rotatable bonds is 47. The predicted molar refractivity (Wildman–Crippen MR) is 297 cm³/mol. The molecule has 5 nitrogen and oxygen atoms in total. The monoisotopic (exact) mass is 935 g/mol. The summed E-state index contributed by atoms with van der Waals surface area (Å²) in [5.74, 6) is -0.749. The summed E-state index contributed by atoms with van der Waals surface area (Å²) in [5, 5.41) is 9.60. The maximum Gasteiger partial charge on any atom is 0.309 e. The number of unbranched alkanes of at least 4 members (excludes halogenated alkanes) is 14. The molecule has 1 N–H and O–H groups in total. The van der Waals surface area contributed by atoms with Crippen LogP contribution in [0.4, 0.5) is 0 Å². The lowest BCUT2D eigenvalue weighted by Gasteiger charge is -2.15. The van der Waals surface area contributed by atoms with Gasteiger partial charge in [-0.3, -0.25) is 9.59 Å². The summed E-state index contributed by atoms with van der Waals surface area (Å²) in [6.45, 7) is 3.81. The number of ether oxygens (including phenoxy) is 2. The van der Waals surface area contributed by atoms with E-state index in [1.807, 2.05) is 6.08 Å². The van der Waals surface area contributed by atoms with Crippen molar-refractivity contribution in [2.45, 2.75) is 213 Å². The Bertz CT molecular complexity index is 1520. The largest absolute Gasteiger partial charge is 0.461 e.